The van der Waals surface area contributed by atoms with Gasteiger partial charge in [-0.15, -0.1) is 0 Å². The number of hydrogen-bond acceptors (Lipinski definition) is 7. The average molecular weight is 519 g/mol. The van der Waals surface area contributed by atoms with E-state index in [1.165, 1.54) is 70.6 Å². The van der Waals surface area contributed by atoms with Crippen LogP contribution in [0.25, 0.3) is 0 Å². The maximum Gasteiger partial charge on any atom is 0.305 e. The Bertz CT molecular complexity index is 420. The summed E-state index contributed by atoms with van der Waals surface area (Å²) in [6, 6.07) is 0. The third-order valence-corrected chi connectivity index (χ3v) is 5.86. The molecule has 0 aliphatic rings. The van der Waals surface area contributed by atoms with Crippen molar-refractivity contribution in [1.82, 2.24) is 0 Å². The van der Waals surface area contributed by atoms with E-state index < -0.39 is 0 Å². The van der Waals surface area contributed by atoms with Gasteiger partial charge in [-0.2, -0.15) is 0 Å². The van der Waals surface area contributed by atoms with Crippen LogP contribution in [0, 0.1) is 0 Å². The Morgan fingerprint density at radius 3 is 1.17 bits per heavy atom. The van der Waals surface area contributed by atoms with E-state index in [0.29, 0.717) is 72.5 Å². The summed E-state index contributed by atoms with van der Waals surface area (Å²) in [4.78, 5) is 11.5. The smallest absolute Gasteiger partial charge is 0.305 e. The minimum atomic E-state index is -0.135. The lowest BCUT2D eigenvalue weighted by atomic mass is 10.1. The molecular weight excluding hydrogens is 460 g/mol. The first-order chi connectivity index (χ1) is 17.8. The Morgan fingerprint density at radius 1 is 0.389 bits per heavy atom. The Hall–Kier alpha value is -0.730. The maximum atomic E-state index is 11.5. The molecule has 0 aliphatic heterocycles. The van der Waals surface area contributed by atoms with Crippen LogP contribution in [0.5, 0.6) is 0 Å². The summed E-state index contributed by atoms with van der Waals surface area (Å²) in [5, 5.41) is 0. The molecule has 0 aromatic rings. The van der Waals surface area contributed by atoms with Crippen molar-refractivity contribution in [2.45, 2.75) is 110 Å². The van der Waals surface area contributed by atoms with Gasteiger partial charge in [0.2, 0.25) is 0 Å². The van der Waals surface area contributed by atoms with Gasteiger partial charge in [-0.05, 0) is 12.8 Å². The highest BCUT2D eigenvalue weighted by atomic mass is 16.6. The molecule has 7 nitrogen and oxygen atoms in total. The van der Waals surface area contributed by atoms with E-state index in [0.717, 1.165) is 25.9 Å². The van der Waals surface area contributed by atoms with Crippen LogP contribution in [0.3, 0.4) is 0 Å². The standard InChI is InChI=1S/C29H58O7/c1-3-5-7-9-10-11-12-13-14-16-18-31-19-20-32-21-22-33-23-24-34-25-26-35-27-28-36-29(30)17-15-8-6-4-2/h3-28H2,1-2H3. The van der Waals surface area contributed by atoms with Crippen molar-refractivity contribution in [3.63, 3.8) is 0 Å². The molecule has 216 valence electrons. The van der Waals surface area contributed by atoms with Gasteiger partial charge in [0.15, 0.2) is 0 Å². The number of unbranched alkanes of at least 4 members (excludes halogenated alkanes) is 12. The number of hydrogen-bond donors (Lipinski definition) is 0. The quantitative estimate of drug-likeness (QED) is 0.0765. The summed E-state index contributed by atoms with van der Waals surface area (Å²) in [5.41, 5.74) is 0. The molecule has 0 bridgehead atoms. The molecule has 0 amide bonds. The van der Waals surface area contributed by atoms with Crippen molar-refractivity contribution in [3.05, 3.63) is 0 Å². The van der Waals surface area contributed by atoms with Crippen molar-refractivity contribution in [2.75, 3.05) is 72.7 Å². The highest BCUT2D eigenvalue weighted by Gasteiger charge is 2.02. The number of ether oxygens (including phenoxy) is 6. The molecule has 0 N–H and O–H groups in total. The van der Waals surface area contributed by atoms with E-state index in [1.54, 1.807) is 0 Å². The highest BCUT2D eigenvalue weighted by Crippen LogP contribution is 2.10. The maximum absolute atomic E-state index is 11.5. The topological polar surface area (TPSA) is 72.5 Å². The number of esters is 1. The fraction of sp³-hybridized carbons (Fsp3) is 0.966. The van der Waals surface area contributed by atoms with Crippen LogP contribution in [0.2, 0.25) is 0 Å². The lowest BCUT2D eigenvalue weighted by Gasteiger charge is -2.08. The fourth-order valence-electron chi connectivity index (χ4n) is 3.66. The van der Waals surface area contributed by atoms with Gasteiger partial charge in [-0.25, -0.2) is 0 Å². The minimum Gasteiger partial charge on any atom is -0.463 e. The van der Waals surface area contributed by atoms with Gasteiger partial charge >= 0.3 is 5.97 Å². The number of carbonyl (C=O) groups is 1. The third kappa shape index (κ3) is 31.3. The first-order valence-electron chi connectivity index (χ1n) is 14.9. The Labute approximate surface area is 222 Å². The van der Waals surface area contributed by atoms with E-state index in [4.69, 9.17) is 28.4 Å². The molecule has 0 unspecified atom stereocenters. The highest BCUT2D eigenvalue weighted by molar-refractivity contribution is 5.69. The average Bonchev–Trinajstić information content (AvgIpc) is 2.88. The zero-order valence-electron chi connectivity index (χ0n) is 23.7. The summed E-state index contributed by atoms with van der Waals surface area (Å²) < 4.78 is 32.6. The number of rotatable bonds is 31. The Balaban J connectivity index is 3.07. The molecule has 0 saturated heterocycles. The molecule has 0 radical (unpaired) electrons. The van der Waals surface area contributed by atoms with Crippen LogP contribution in [-0.4, -0.2) is 78.6 Å². The van der Waals surface area contributed by atoms with Crippen molar-refractivity contribution in [2.24, 2.45) is 0 Å². The molecule has 0 fully saturated rings. The van der Waals surface area contributed by atoms with Gasteiger partial charge in [0.05, 0.1) is 59.5 Å². The van der Waals surface area contributed by atoms with E-state index in [9.17, 15) is 4.79 Å². The summed E-state index contributed by atoms with van der Waals surface area (Å²) >= 11 is 0. The van der Waals surface area contributed by atoms with Crippen molar-refractivity contribution in [3.8, 4) is 0 Å². The van der Waals surface area contributed by atoms with Gasteiger partial charge in [-0.1, -0.05) is 90.9 Å². The predicted octanol–water partition coefficient (Wildman–Crippen LogP) is 6.50. The first kappa shape index (κ1) is 35.3. The molecule has 0 saturated carbocycles. The minimum absolute atomic E-state index is 0.135. The molecule has 36 heavy (non-hydrogen) atoms. The van der Waals surface area contributed by atoms with Crippen LogP contribution in [0.4, 0.5) is 0 Å². The molecule has 0 aromatic heterocycles. The van der Waals surface area contributed by atoms with Crippen LogP contribution in [-0.2, 0) is 33.2 Å². The van der Waals surface area contributed by atoms with Gasteiger partial charge in [0.1, 0.15) is 6.61 Å². The van der Waals surface area contributed by atoms with E-state index in [1.807, 2.05) is 0 Å². The predicted molar refractivity (Wildman–Crippen MR) is 146 cm³/mol. The normalized spacial score (nSPS) is 11.3. The second-order valence-electron chi connectivity index (χ2n) is 9.27. The fourth-order valence-corrected chi connectivity index (χ4v) is 3.66. The zero-order valence-corrected chi connectivity index (χ0v) is 23.7. The molecule has 0 heterocycles. The van der Waals surface area contributed by atoms with E-state index in [-0.39, 0.29) is 5.97 Å². The van der Waals surface area contributed by atoms with Crippen molar-refractivity contribution >= 4 is 5.97 Å². The molecule has 0 spiro atoms. The number of carbonyl (C=O) groups excluding carboxylic acids is 1. The van der Waals surface area contributed by atoms with Gasteiger partial charge in [0.25, 0.3) is 0 Å². The van der Waals surface area contributed by atoms with E-state index >= 15 is 0 Å². The second kappa shape index (κ2) is 32.3. The Kier molecular flexibility index (Phi) is 31.6. The summed E-state index contributed by atoms with van der Waals surface area (Å²) in [7, 11) is 0. The van der Waals surface area contributed by atoms with Crippen molar-refractivity contribution in [1.29, 1.82) is 0 Å². The molecular formula is C29H58O7. The van der Waals surface area contributed by atoms with Crippen LogP contribution in [0.15, 0.2) is 0 Å². The third-order valence-electron chi connectivity index (χ3n) is 5.86. The van der Waals surface area contributed by atoms with Gasteiger partial charge in [0, 0.05) is 13.0 Å². The van der Waals surface area contributed by atoms with Gasteiger partial charge in [-0.3, -0.25) is 4.79 Å². The SMILES string of the molecule is CCCCCCCCCCCCOCCOCCOCCOCCOCCOC(=O)CCCCCC. The second-order valence-corrected chi connectivity index (χ2v) is 9.27. The zero-order chi connectivity index (χ0) is 26.2. The molecule has 7 heteroatoms. The summed E-state index contributed by atoms with van der Waals surface area (Å²) in [6.45, 7) is 10.4. The van der Waals surface area contributed by atoms with Crippen molar-refractivity contribution < 1.29 is 33.2 Å². The van der Waals surface area contributed by atoms with Crippen LogP contribution in [0.1, 0.15) is 110 Å². The summed E-state index contributed by atoms with van der Waals surface area (Å²) in [6.07, 6.45) is 18.3. The van der Waals surface area contributed by atoms with Gasteiger partial charge < -0.3 is 28.4 Å². The molecule has 0 aromatic carbocycles. The lowest BCUT2D eigenvalue weighted by Crippen LogP contribution is -2.15. The molecule has 0 aliphatic carbocycles. The molecule has 0 atom stereocenters. The van der Waals surface area contributed by atoms with E-state index in [2.05, 4.69) is 13.8 Å². The first-order valence-corrected chi connectivity index (χ1v) is 14.9. The summed E-state index contributed by atoms with van der Waals surface area (Å²) in [5.74, 6) is -0.135. The Morgan fingerprint density at radius 2 is 0.722 bits per heavy atom. The largest absolute Gasteiger partial charge is 0.463 e. The van der Waals surface area contributed by atoms with Crippen LogP contribution < -0.4 is 0 Å². The lowest BCUT2D eigenvalue weighted by molar-refractivity contribution is -0.145. The van der Waals surface area contributed by atoms with Crippen LogP contribution >= 0.6 is 0 Å². The molecule has 0 rings (SSSR count). The monoisotopic (exact) mass is 518 g/mol.